The van der Waals surface area contributed by atoms with Gasteiger partial charge in [-0.3, -0.25) is 4.79 Å². The van der Waals surface area contributed by atoms with Gasteiger partial charge >= 0.3 is 10.3 Å². The van der Waals surface area contributed by atoms with E-state index in [1.807, 2.05) is 0 Å². The van der Waals surface area contributed by atoms with Crippen molar-refractivity contribution in [3.05, 3.63) is 40.2 Å². The van der Waals surface area contributed by atoms with E-state index in [4.69, 9.17) is 9.56 Å². The molecule has 2 saturated carbocycles. The van der Waals surface area contributed by atoms with Gasteiger partial charge in [0.05, 0.1) is 5.39 Å². The van der Waals surface area contributed by atoms with Crippen LogP contribution in [0.25, 0.3) is 11.0 Å². The van der Waals surface area contributed by atoms with E-state index in [0.717, 1.165) is 18.3 Å². The number of rotatable bonds is 4. The Bertz CT molecular complexity index is 949. The summed E-state index contributed by atoms with van der Waals surface area (Å²) < 4.78 is 32.4. The lowest BCUT2D eigenvalue weighted by atomic mass is 9.86. The van der Waals surface area contributed by atoms with Crippen LogP contribution in [-0.2, 0) is 16.7 Å². The minimum absolute atomic E-state index is 0.00171. The third-order valence-electron chi connectivity index (χ3n) is 5.31. The number of fused-ring (bicyclic) bond motifs is 3. The molecular weight excluding hydrogens is 330 g/mol. The Hall–Kier alpha value is -1.86. The van der Waals surface area contributed by atoms with Crippen LogP contribution in [0.15, 0.2) is 33.5 Å². The summed E-state index contributed by atoms with van der Waals surface area (Å²) in [7, 11) is -4.12. The fraction of sp³-hybridized carbons (Fsp3) is 0.471. The first-order chi connectivity index (χ1) is 11.4. The molecule has 2 aliphatic carbocycles. The number of benzene rings is 1. The second-order valence-electron chi connectivity index (χ2n) is 6.95. The number of hydrogen-bond donors (Lipinski definition) is 1. The molecule has 24 heavy (non-hydrogen) atoms. The molecule has 1 heterocycles. The van der Waals surface area contributed by atoms with Crippen molar-refractivity contribution in [2.75, 3.05) is 0 Å². The second kappa shape index (κ2) is 5.60. The monoisotopic (exact) mass is 349 g/mol. The van der Waals surface area contributed by atoms with E-state index >= 15 is 0 Å². The normalized spacial score (nSPS) is 26.1. The zero-order valence-electron chi connectivity index (χ0n) is 13.1. The average Bonchev–Trinajstić information content (AvgIpc) is 3.09. The van der Waals surface area contributed by atoms with E-state index in [1.165, 1.54) is 43.9 Å². The predicted molar refractivity (Wildman–Crippen MR) is 88.9 cm³/mol. The molecule has 0 saturated heterocycles. The van der Waals surface area contributed by atoms with Gasteiger partial charge in [0, 0.05) is 12.5 Å². The molecule has 0 radical (unpaired) electrons. The smallest absolute Gasteiger partial charge is 0.380 e. The van der Waals surface area contributed by atoms with Gasteiger partial charge < -0.3 is 8.60 Å². The Morgan fingerprint density at radius 1 is 1.21 bits per heavy atom. The summed E-state index contributed by atoms with van der Waals surface area (Å²) in [6.45, 7) is 0. The van der Waals surface area contributed by atoms with Gasteiger partial charge in [0.15, 0.2) is 5.43 Å². The average molecular weight is 349 g/mol. The third-order valence-corrected chi connectivity index (χ3v) is 5.73. The molecule has 3 unspecified atom stereocenters. The summed E-state index contributed by atoms with van der Waals surface area (Å²) in [4.78, 5) is 12.4. The largest absolute Gasteiger partial charge is 0.461 e. The van der Waals surface area contributed by atoms with Gasteiger partial charge in [-0.2, -0.15) is 13.6 Å². The zero-order chi connectivity index (χ0) is 16.9. The molecule has 2 aromatic rings. The maximum atomic E-state index is 12.4. The van der Waals surface area contributed by atoms with E-state index in [1.54, 1.807) is 6.07 Å². The maximum absolute atomic E-state index is 12.4. The van der Waals surface area contributed by atoms with Crippen molar-refractivity contribution in [3.63, 3.8) is 0 Å². The highest BCUT2D eigenvalue weighted by atomic mass is 32.2. The van der Waals surface area contributed by atoms with Crippen molar-refractivity contribution in [2.45, 2.75) is 32.1 Å². The predicted octanol–water partition coefficient (Wildman–Crippen LogP) is 2.35. The molecule has 2 aliphatic rings. The van der Waals surface area contributed by atoms with Gasteiger partial charge in [0.2, 0.25) is 0 Å². The quantitative estimate of drug-likeness (QED) is 0.913. The van der Waals surface area contributed by atoms with Crippen LogP contribution in [0.3, 0.4) is 0 Å². The van der Waals surface area contributed by atoms with Crippen LogP contribution in [0.5, 0.6) is 5.75 Å². The standard InChI is InChI=1S/C17H19NO5S/c18-24(20,21)23-13-3-4-17-15(8-13)16(19)9-14(22-17)7-12-6-10-1-2-11(12)5-10/h3-4,8-12H,1-2,5-7H2,(H2,18,20,21). The lowest BCUT2D eigenvalue weighted by Crippen LogP contribution is -2.19. The first-order valence-electron chi connectivity index (χ1n) is 8.16. The molecule has 1 aromatic heterocycles. The van der Waals surface area contributed by atoms with Gasteiger partial charge in [-0.1, -0.05) is 6.42 Å². The Balaban J connectivity index is 1.63. The summed E-state index contributed by atoms with van der Waals surface area (Å²) in [5, 5.41) is 5.13. The van der Waals surface area contributed by atoms with E-state index in [2.05, 4.69) is 4.18 Å². The summed E-state index contributed by atoms with van der Waals surface area (Å²) in [6, 6.07) is 5.82. The summed E-state index contributed by atoms with van der Waals surface area (Å²) in [5.41, 5.74) is 0.233. The van der Waals surface area contributed by atoms with E-state index in [0.29, 0.717) is 17.3 Å². The van der Waals surface area contributed by atoms with Gasteiger partial charge in [-0.15, -0.1) is 0 Å². The molecule has 0 spiro atoms. The Kier molecular flexibility index (Phi) is 3.65. The third kappa shape index (κ3) is 3.06. The van der Waals surface area contributed by atoms with Crippen LogP contribution in [0, 0.1) is 17.8 Å². The SMILES string of the molecule is NS(=O)(=O)Oc1ccc2oc(CC3CC4CCC3C4)cc(=O)c2c1. The highest BCUT2D eigenvalue weighted by Crippen LogP contribution is 2.49. The molecule has 0 amide bonds. The minimum Gasteiger partial charge on any atom is -0.461 e. The van der Waals surface area contributed by atoms with Crippen LogP contribution in [0.1, 0.15) is 31.4 Å². The molecule has 0 aliphatic heterocycles. The molecule has 2 fully saturated rings. The van der Waals surface area contributed by atoms with Crippen LogP contribution in [0.4, 0.5) is 0 Å². The molecule has 2 bridgehead atoms. The zero-order valence-corrected chi connectivity index (χ0v) is 13.9. The van der Waals surface area contributed by atoms with Crippen molar-refractivity contribution < 1.29 is 17.0 Å². The van der Waals surface area contributed by atoms with Gasteiger partial charge in [0.1, 0.15) is 17.1 Å². The van der Waals surface area contributed by atoms with Crippen LogP contribution in [-0.4, -0.2) is 8.42 Å². The summed E-state index contributed by atoms with van der Waals surface area (Å²) in [5.74, 6) is 2.92. The fourth-order valence-electron chi connectivity index (χ4n) is 4.36. The van der Waals surface area contributed by atoms with Crippen molar-refractivity contribution in [2.24, 2.45) is 22.9 Å². The lowest BCUT2D eigenvalue weighted by Gasteiger charge is -2.20. The molecular formula is C17H19NO5S. The first kappa shape index (κ1) is 15.7. The van der Waals surface area contributed by atoms with Crippen molar-refractivity contribution in [1.82, 2.24) is 0 Å². The Morgan fingerprint density at radius 2 is 2.04 bits per heavy atom. The minimum atomic E-state index is -4.12. The molecule has 4 rings (SSSR count). The van der Waals surface area contributed by atoms with Gasteiger partial charge in [-0.05, 0) is 55.2 Å². The maximum Gasteiger partial charge on any atom is 0.380 e. The molecule has 1 aromatic carbocycles. The van der Waals surface area contributed by atoms with E-state index in [-0.39, 0.29) is 16.6 Å². The highest BCUT2D eigenvalue weighted by Gasteiger charge is 2.39. The van der Waals surface area contributed by atoms with Crippen LogP contribution in [0.2, 0.25) is 0 Å². The lowest BCUT2D eigenvalue weighted by molar-refractivity contribution is 0.313. The number of nitrogens with two attached hydrogens (primary N) is 1. The highest BCUT2D eigenvalue weighted by molar-refractivity contribution is 7.84. The molecule has 128 valence electrons. The summed E-state index contributed by atoms with van der Waals surface area (Å²) >= 11 is 0. The number of hydrogen-bond acceptors (Lipinski definition) is 5. The molecule has 2 N–H and O–H groups in total. The molecule has 3 atom stereocenters. The van der Waals surface area contributed by atoms with E-state index in [9.17, 15) is 13.2 Å². The Morgan fingerprint density at radius 3 is 2.71 bits per heavy atom. The van der Waals surface area contributed by atoms with Gasteiger partial charge in [0.25, 0.3) is 0 Å². The molecule has 7 heteroatoms. The summed E-state index contributed by atoms with van der Waals surface area (Å²) in [6.07, 6.45) is 5.98. The fourth-order valence-corrected chi connectivity index (χ4v) is 4.73. The molecule has 6 nitrogen and oxygen atoms in total. The van der Waals surface area contributed by atoms with Gasteiger partial charge in [-0.25, -0.2) is 0 Å². The Labute approximate surface area is 139 Å². The van der Waals surface area contributed by atoms with Crippen LogP contribution < -0.4 is 14.8 Å². The van der Waals surface area contributed by atoms with Crippen molar-refractivity contribution in [3.8, 4) is 5.75 Å². The second-order valence-corrected chi connectivity index (χ2v) is 8.10. The van der Waals surface area contributed by atoms with Crippen molar-refractivity contribution >= 4 is 21.3 Å². The topological polar surface area (TPSA) is 99.6 Å². The van der Waals surface area contributed by atoms with Crippen LogP contribution >= 0.6 is 0 Å². The van der Waals surface area contributed by atoms with E-state index < -0.39 is 10.3 Å². The van der Waals surface area contributed by atoms with Crippen molar-refractivity contribution in [1.29, 1.82) is 0 Å². The first-order valence-corrected chi connectivity index (χ1v) is 9.63.